The number of aliphatic hydroxyl groups excluding tert-OH is 1. The van der Waals surface area contributed by atoms with Crippen LogP contribution in [-0.4, -0.2) is 21.9 Å². The highest BCUT2D eigenvalue weighted by Crippen LogP contribution is 2.24. The molecular formula is C15H14ClN3O2S. The second-order valence-electron chi connectivity index (χ2n) is 4.70. The Morgan fingerprint density at radius 3 is 2.73 bits per heavy atom. The minimum Gasteiger partial charge on any atom is -0.467 e. The second kappa shape index (κ2) is 6.91. The molecule has 0 aliphatic carbocycles. The molecule has 0 saturated carbocycles. The summed E-state index contributed by atoms with van der Waals surface area (Å²) in [7, 11) is 0. The lowest BCUT2D eigenvalue weighted by atomic mass is 10.2. The van der Waals surface area contributed by atoms with Crippen molar-refractivity contribution in [3.8, 4) is 0 Å². The number of furan rings is 1. The van der Waals surface area contributed by atoms with E-state index >= 15 is 0 Å². The predicted molar refractivity (Wildman–Crippen MR) is 86.3 cm³/mol. The molecule has 22 heavy (non-hydrogen) atoms. The third-order valence-electron chi connectivity index (χ3n) is 3.10. The topological polar surface area (TPSA) is 71.2 Å². The van der Waals surface area contributed by atoms with Crippen molar-refractivity contribution in [1.82, 2.24) is 10.2 Å². The van der Waals surface area contributed by atoms with Gasteiger partial charge < -0.3 is 14.8 Å². The van der Waals surface area contributed by atoms with Crippen molar-refractivity contribution >= 4 is 28.1 Å². The van der Waals surface area contributed by atoms with E-state index in [4.69, 9.17) is 16.0 Å². The molecule has 0 saturated heterocycles. The van der Waals surface area contributed by atoms with Gasteiger partial charge in [0.1, 0.15) is 16.8 Å². The first kappa shape index (κ1) is 15.0. The van der Waals surface area contributed by atoms with Gasteiger partial charge in [0.15, 0.2) is 0 Å². The predicted octanol–water partition coefficient (Wildman–Crippen LogP) is 3.52. The summed E-state index contributed by atoms with van der Waals surface area (Å²) < 4.78 is 5.29. The minimum absolute atomic E-state index is 0.0837. The molecule has 5 nitrogen and oxygen atoms in total. The SMILES string of the molecule is OCC(Nc1nnc(Cc2ccc(Cl)cc2)s1)c1ccco1. The van der Waals surface area contributed by atoms with Crippen molar-refractivity contribution in [1.29, 1.82) is 0 Å². The lowest BCUT2D eigenvalue weighted by Crippen LogP contribution is -2.13. The number of benzene rings is 1. The van der Waals surface area contributed by atoms with Crippen molar-refractivity contribution in [2.75, 3.05) is 11.9 Å². The number of hydrogen-bond donors (Lipinski definition) is 2. The molecule has 114 valence electrons. The Morgan fingerprint density at radius 1 is 1.23 bits per heavy atom. The van der Waals surface area contributed by atoms with E-state index in [1.807, 2.05) is 30.3 Å². The van der Waals surface area contributed by atoms with Crippen LogP contribution in [0.3, 0.4) is 0 Å². The Hall–Kier alpha value is -1.89. The van der Waals surface area contributed by atoms with E-state index in [1.165, 1.54) is 11.3 Å². The molecule has 0 radical (unpaired) electrons. The summed E-state index contributed by atoms with van der Waals surface area (Å²) in [6.07, 6.45) is 2.27. The maximum atomic E-state index is 9.45. The summed E-state index contributed by atoms with van der Waals surface area (Å²) >= 11 is 7.33. The van der Waals surface area contributed by atoms with Crippen LogP contribution in [0.1, 0.15) is 22.4 Å². The molecule has 0 bridgehead atoms. The standard InChI is InChI=1S/C15H14ClN3O2S/c16-11-5-3-10(4-6-11)8-14-18-19-15(22-14)17-12(9-20)13-2-1-7-21-13/h1-7,12,20H,8-9H2,(H,17,19). The Labute approximate surface area is 136 Å². The van der Waals surface area contributed by atoms with E-state index in [2.05, 4.69) is 15.5 Å². The maximum absolute atomic E-state index is 9.45. The fourth-order valence-electron chi connectivity index (χ4n) is 2.01. The zero-order chi connectivity index (χ0) is 15.4. The van der Waals surface area contributed by atoms with Crippen molar-refractivity contribution in [3.05, 3.63) is 64.0 Å². The average molecular weight is 336 g/mol. The molecule has 0 spiro atoms. The van der Waals surface area contributed by atoms with Crippen LogP contribution in [0.4, 0.5) is 5.13 Å². The van der Waals surface area contributed by atoms with Gasteiger partial charge in [-0.3, -0.25) is 0 Å². The summed E-state index contributed by atoms with van der Waals surface area (Å²) in [5.74, 6) is 0.664. The van der Waals surface area contributed by atoms with Gasteiger partial charge in [0.25, 0.3) is 0 Å². The lowest BCUT2D eigenvalue weighted by molar-refractivity contribution is 0.261. The fraction of sp³-hybridized carbons (Fsp3) is 0.200. The molecule has 3 aromatic rings. The molecule has 2 N–H and O–H groups in total. The van der Waals surface area contributed by atoms with Gasteiger partial charge in [-0.05, 0) is 29.8 Å². The molecule has 7 heteroatoms. The van der Waals surface area contributed by atoms with Gasteiger partial charge in [0, 0.05) is 11.4 Å². The number of halogens is 1. The number of hydrogen-bond acceptors (Lipinski definition) is 6. The molecule has 1 aromatic carbocycles. The van der Waals surface area contributed by atoms with Crippen LogP contribution in [0.5, 0.6) is 0 Å². The van der Waals surface area contributed by atoms with Gasteiger partial charge in [0.2, 0.25) is 5.13 Å². The van der Waals surface area contributed by atoms with Gasteiger partial charge in [-0.15, -0.1) is 10.2 Å². The van der Waals surface area contributed by atoms with Gasteiger partial charge in [0.05, 0.1) is 12.9 Å². The third kappa shape index (κ3) is 3.65. The van der Waals surface area contributed by atoms with E-state index in [0.29, 0.717) is 22.3 Å². The Balaban J connectivity index is 1.67. The average Bonchev–Trinajstić information content (AvgIpc) is 3.19. The highest BCUT2D eigenvalue weighted by molar-refractivity contribution is 7.15. The largest absolute Gasteiger partial charge is 0.467 e. The first-order chi connectivity index (χ1) is 10.7. The van der Waals surface area contributed by atoms with Crippen LogP contribution in [0, 0.1) is 0 Å². The normalized spacial score (nSPS) is 12.3. The summed E-state index contributed by atoms with van der Waals surface area (Å²) in [5, 5.41) is 23.1. The van der Waals surface area contributed by atoms with E-state index in [-0.39, 0.29) is 12.6 Å². The van der Waals surface area contributed by atoms with Crippen LogP contribution in [0.15, 0.2) is 47.1 Å². The molecule has 1 unspecified atom stereocenters. The van der Waals surface area contributed by atoms with Crippen molar-refractivity contribution in [3.63, 3.8) is 0 Å². The monoisotopic (exact) mass is 335 g/mol. The number of rotatable bonds is 6. The molecule has 2 heterocycles. The van der Waals surface area contributed by atoms with Crippen molar-refractivity contribution in [2.24, 2.45) is 0 Å². The van der Waals surface area contributed by atoms with Gasteiger partial charge in [-0.25, -0.2) is 0 Å². The molecule has 0 fully saturated rings. The zero-order valence-corrected chi connectivity index (χ0v) is 13.1. The molecular weight excluding hydrogens is 322 g/mol. The number of aliphatic hydroxyl groups is 1. The Kier molecular flexibility index (Phi) is 4.72. The van der Waals surface area contributed by atoms with E-state index in [0.717, 1.165) is 10.6 Å². The number of nitrogens with one attached hydrogen (secondary N) is 1. The first-order valence-corrected chi connectivity index (χ1v) is 7.91. The first-order valence-electron chi connectivity index (χ1n) is 6.72. The molecule has 0 aliphatic heterocycles. The van der Waals surface area contributed by atoms with E-state index < -0.39 is 0 Å². The van der Waals surface area contributed by atoms with E-state index in [1.54, 1.807) is 12.3 Å². The van der Waals surface area contributed by atoms with E-state index in [9.17, 15) is 5.11 Å². The minimum atomic E-state index is -0.327. The van der Waals surface area contributed by atoms with Crippen molar-refractivity contribution < 1.29 is 9.52 Å². The summed E-state index contributed by atoms with van der Waals surface area (Å²) in [6.45, 7) is -0.0837. The Bertz CT molecular complexity index is 713. The van der Waals surface area contributed by atoms with Crippen molar-refractivity contribution in [2.45, 2.75) is 12.5 Å². The Morgan fingerprint density at radius 2 is 2.05 bits per heavy atom. The van der Waals surface area contributed by atoms with Gasteiger partial charge in [-0.1, -0.05) is 35.1 Å². The molecule has 1 atom stereocenters. The fourth-order valence-corrected chi connectivity index (χ4v) is 2.96. The maximum Gasteiger partial charge on any atom is 0.206 e. The molecule has 2 aromatic heterocycles. The highest BCUT2D eigenvalue weighted by Gasteiger charge is 2.15. The molecule has 3 rings (SSSR count). The molecule has 0 amide bonds. The number of anilines is 1. The quantitative estimate of drug-likeness (QED) is 0.721. The van der Waals surface area contributed by atoms with Gasteiger partial charge >= 0.3 is 0 Å². The summed E-state index contributed by atoms with van der Waals surface area (Å²) in [6, 6.07) is 10.9. The summed E-state index contributed by atoms with van der Waals surface area (Å²) in [5.41, 5.74) is 1.12. The smallest absolute Gasteiger partial charge is 0.206 e. The third-order valence-corrected chi connectivity index (χ3v) is 4.21. The summed E-state index contributed by atoms with van der Waals surface area (Å²) in [4.78, 5) is 0. The van der Waals surface area contributed by atoms with Gasteiger partial charge in [-0.2, -0.15) is 0 Å². The van der Waals surface area contributed by atoms with Crippen LogP contribution in [0.25, 0.3) is 0 Å². The van der Waals surface area contributed by atoms with Crippen LogP contribution in [0.2, 0.25) is 5.02 Å². The van der Waals surface area contributed by atoms with Crippen LogP contribution < -0.4 is 5.32 Å². The number of aromatic nitrogens is 2. The van der Waals surface area contributed by atoms with Crippen LogP contribution >= 0.6 is 22.9 Å². The highest BCUT2D eigenvalue weighted by atomic mass is 35.5. The van der Waals surface area contributed by atoms with Crippen LogP contribution in [-0.2, 0) is 6.42 Å². The zero-order valence-electron chi connectivity index (χ0n) is 11.6. The number of nitrogens with zero attached hydrogens (tertiary/aromatic N) is 2. The lowest BCUT2D eigenvalue weighted by Gasteiger charge is -2.11. The molecule has 0 aliphatic rings. The second-order valence-corrected chi connectivity index (χ2v) is 6.20.